The number of hydrogen-bond donors (Lipinski definition) is 2. The lowest BCUT2D eigenvalue weighted by Crippen LogP contribution is -2.45. The van der Waals surface area contributed by atoms with Gasteiger partial charge in [0.25, 0.3) is 0 Å². The molecule has 1 aliphatic heterocycles. The Morgan fingerprint density at radius 1 is 1.20 bits per heavy atom. The molecule has 1 aliphatic rings. The average molecular weight is 335 g/mol. The lowest BCUT2D eigenvalue weighted by molar-refractivity contribution is 0.419. The Morgan fingerprint density at radius 3 is 3.00 bits per heavy atom. The van der Waals surface area contributed by atoms with Gasteiger partial charge in [0.05, 0.1) is 11.9 Å². The molecular formula is C18H21N7. The fraction of sp³-hybridized carbons (Fsp3) is 0.333. The van der Waals surface area contributed by atoms with Crippen LogP contribution < -0.4 is 10.2 Å². The molecule has 4 rings (SSSR count). The zero-order valence-electron chi connectivity index (χ0n) is 14.0. The molecule has 25 heavy (non-hydrogen) atoms. The van der Waals surface area contributed by atoms with Crippen LogP contribution in [0.2, 0.25) is 0 Å². The van der Waals surface area contributed by atoms with E-state index in [-0.39, 0.29) is 0 Å². The van der Waals surface area contributed by atoms with Gasteiger partial charge in [0.1, 0.15) is 0 Å². The van der Waals surface area contributed by atoms with Gasteiger partial charge >= 0.3 is 0 Å². The minimum absolute atomic E-state index is 0.424. The summed E-state index contributed by atoms with van der Waals surface area (Å²) in [6, 6.07) is 8.36. The number of hydrogen-bond acceptors (Lipinski definition) is 6. The van der Waals surface area contributed by atoms with Crippen molar-refractivity contribution in [3.05, 3.63) is 54.6 Å². The van der Waals surface area contributed by atoms with E-state index in [1.165, 1.54) is 0 Å². The molecule has 0 spiro atoms. The van der Waals surface area contributed by atoms with Gasteiger partial charge in [-0.15, -0.1) is 5.10 Å². The predicted molar refractivity (Wildman–Crippen MR) is 95.9 cm³/mol. The SMILES string of the molecule is c1cncc(-c2[nH]ncc2CN[C@@H]2CCCN(c3cccnn3)C2)c1. The van der Waals surface area contributed by atoms with Crippen molar-refractivity contribution in [3.63, 3.8) is 0 Å². The lowest BCUT2D eigenvalue weighted by atomic mass is 10.0. The van der Waals surface area contributed by atoms with Gasteiger partial charge in [-0.25, -0.2) is 0 Å². The predicted octanol–water partition coefficient (Wildman–Crippen LogP) is 2.02. The van der Waals surface area contributed by atoms with Gasteiger partial charge in [0.15, 0.2) is 5.82 Å². The van der Waals surface area contributed by atoms with Crippen molar-refractivity contribution >= 4 is 5.82 Å². The second kappa shape index (κ2) is 7.40. The van der Waals surface area contributed by atoms with E-state index in [0.29, 0.717) is 6.04 Å². The largest absolute Gasteiger partial charge is 0.354 e. The third kappa shape index (κ3) is 3.66. The molecule has 7 heteroatoms. The first-order valence-electron chi connectivity index (χ1n) is 8.59. The number of aromatic amines is 1. The quantitative estimate of drug-likeness (QED) is 0.742. The number of nitrogens with zero attached hydrogens (tertiary/aromatic N) is 5. The van der Waals surface area contributed by atoms with Crippen molar-refractivity contribution in [1.82, 2.24) is 30.7 Å². The van der Waals surface area contributed by atoms with E-state index in [0.717, 1.165) is 55.1 Å². The summed E-state index contributed by atoms with van der Waals surface area (Å²) in [6.07, 6.45) is 9.54. The topological polar surface area (TPSA) is 82.6 Å². The summed E-state index contributed by atoms with van der Waals surface area (Å²) < 4.78 is 0. The van der Waals surface area contributed by atoms with Crippen molar-refractivity contribution in [2.45, 2.75) is 25.4 Å². The van der Waals surface area contributed by atoms with Gasteiger partial charge < -0.3 is 10.2 Å². The Morgan fingerprint density at radius 2 is 2.16 bits per heavy atom. The first-order chi connectivity index (χ1) is 12.4. The number of nitrogens with one attached hydrogen (secondary N) is 2. The van der Waals surface area contributed by atoms with E-state index in [1.54, 1.807) is 12.4 Å². The van der Waals surface area contributed by atoms with E-state index in [1.807, 2.05) is 36.7 Å². The maximum atomic E-state index is 4.23. The van der Waals surface area contributed by atoms with Crippen molar-refractivity contribution in [2.24, 2.45) is 0 Å². The van der Waals surface area contributed by atoms with Crippen LogP contribution in [0.5, 0.6) is 0 Å². The normalized spacial score (nSPS) is 17.6. The Labute approximate surface area is 146 Å². The maximum absolute atomic E-state index is 4.23. The molecule has 0 aromatic carbocycles. The Balaban J connectivity index is 1.40. The van der Waals surface area contributed by atoms with Crippen LogP contribution in [0.1, 0.15) is 18.4 Å². The first kappa shape index (κ1) is 15.7. The van der Waals surface area contributed by atoms with Crippen molar-refractivity contribution in [1.29, 1.82) is 0 Å². The van der Waals surface area contributed by atoms with Crippen molar-refractivity contribution in [2.75, 3.05) is 18.0 Å². The smallest absolute Gasteiger partial charge is 0.151 e. The summed E-state index contributed by atoms with van der Waals surface area (Å²) in [6.45, 7) is 2.75. The highest BCUT2D eigenvalue weighted by Gasteiger charge is 2.21. The molecule has 1 saturated heterocycles. The zero-order valence-corrected chi connectivity index (χ0v) is 14.0. The standard InChI is InChI=1S/C18H21N7/c1-4-14(10-19-7-1)18-15(12-22-24-18)11-20-16-5-3-9-25(13-16)17-6-2-8-21-23-17/h1-2,4,6-8,10,12,16,20H,3,5,9,11,13H2,(H,22,24)/t16-/m1/s1. The Hall–Kier alpha value is -2.80. The summed E-state index contributed by atoms with van der Waals surface area (Å²) in [5.41, 5.74) is 3.24. The van der Waals surface area contributed by atoms with E-state index in [2.05, 4.69) is 35.6 Å². The van der Waals surface area contributed by atoms with E-state index in [4.69, 9.17) is 0 Å². The van der Waals surface area contributed by atoms with Gasteiger partial charge in [0, 0.05) is 55.4 Å². The summed E-state index contributed by atoms with van der Waals surface area (Å²) in [4.78, 5) is 6.48. The molecule has 1 atom stereocenters. The molecule has 0 aliphatic carbocycles. The van der Waals surface area contributed by atoms with Crippen molar-refractivity contribution in [3.8, 4) is 11.3 Å². The molecular weight excluding hydrogens is 314 g/mol. The number of H-pyrrole nitrogens is 1. The molecule has 0 radical (unpaired) electrons. The van der Waals surface area contributed by atoms with E-state index >= 15 is 0 Å². The fourth-order valence-electron chi connectivity index (χ4n) is 3.27. The fourth-order valence-corrected chi connectivity index (χ4v) is 3.27. The zero-order chi connectivity index (χ0) is 16.9. The third-order valence-electron chi connectivity index (χ3n) is 4.55. The second-order valence-corrected chi connectivity index (χ2v) is 6.26. The minimum atomic E-state index is 0.424. The maximum Gasteiger partial charge on any atom is 0.151 e. The number of piperidine rings is 1. The summed E-state index contributed by atoms with van der Waals surface area (Å²) in [7, 11) is 0. The molecule has 7 nitrogen and oxygen atoms in total. The molecule has 1 fully saturated rings. The molecule has 0 amide bonds. The monoisotopic (exact) mass is 335 g/mol. The molecule has 0 saturated carbocycles. The van der Waals surface area contributed by atoms with E-state index in [9.17, 15) is 0 Å². The van der Waals surface area contributed by atoms with Crippen LogP contribution in [0, 0.1) is 0 Å². The molecule has 4 heterocycles. The van der Waals surface area contributed by atoms with Crippen LogP contribution in [0.15, 0.2) is 49.1 Å². The van der Waals surface area contributed by atoms with Crippen LogP contribution in [-0.2, 0) is 6.54 Å². The van der Waals surface area contributed by atoms with E-state index < -0.39 is 0 Å². The molecule has 128 valence electrons. The molecule has 2 N–H and O–H groups in total. The van der Waals surface area contributed by atoms with Crippen LogP contribution in [0.25, 0.3) is 11.3 Å². The summed E-state index contributed by atoms with van der Waals surface area (Å²) in [5.74, 6) is 0.952. The van der Waals surface area contributed by atoms with Gasteiger partial charge in [-0.05, 0) is 37.1 Å². The highest BCUT2D eigenvalue weighted by atomic mass is 15.3. The number of pyridine rings is 1. The Kier molecular flexibility index (Phi) is 4.65. The highest BCUT2D eigenvalue weighted by Crippen LogP contribution is 2.21. The average Bonchev–Trinajstić information content (AvgIpc) is 3.17. The van der Waals surface area contributed by atoms with Crippen LogP contribution in [-0.4, -0.2) is 44.5 Å². The van der Waals surface area contributed by atoms with Crippen LogP contribution in [0.4, 0.5) is 5.82 Å². The molecule has 3 aromatic rings. The minimum Gasteiger partial charge on any atom is -0.354 e. The first-order valence-corrected chi connectivity index (χ1v) is 8.59. The van der Waals surface area contributed by atoms with Crippen molar-refractivity contribution < 1.29 is 0 Å². The molecule has 0 bridgehead atoms. The van der Waals surface area contributed by atoms with Gasteiger partial charge in [-0.1, -0.05) is 0 Å². The number of rotatable bonds is 5. The lowest BCUT2D eigenvalue weighted by Gasteiger charge is -2.33. The third-order valence-corrected chi connectivity index (χ3v) is 4.55. The second-order valence-electron chi connectivity index (χ2n) is 6.26. The van der Waals surface area contributed by atoms with Gasteiger partial charge in [-0.3, -0.25) is 10.1 Å². The number of aromatic nitrogens is 5. The van der Waals surface area contributed by atoms with Gasteiger partial charge in [0.2, 0.25) is 0 Å². The Bertz CT molecular complexity index is 787. The summed E-state index contributed by atoms with van der Waals surface area (Å²) >= 11 is 0. The molecule has 3 aromatic heterocycles. The number of anilines is 1. The summed E-state index contributed by atoms with van der Waals surface area (Å²) in [5, 5.41) is 19.2. The van der Waals surface area contributed by atoms with Gasteiger partial charge in [-0.2, -0.15) is 10.2 Å². The highest BCUT2D eigenvalue weighted by molar-refractivity contribution is 5.61. The molecule has 0 unspecified atom stereocenters. The van der Waals surface area contributed by atoms with Crippen LogP contribution in [0.3, 0.4) is 0 Å². The van der Waals surface area contributed by atoms with Crippen LogP contribution >= 0.6 is 0 Å².